The summed E-state index contributed by atoms with van der Waals surface area (Å²) < 4.78 is 27.1. The molecule has 0 aliphatic carbocycles. The molecule has 1 aromatic heterocycles. The van der Waals surface area contributed by atoms with Crippen LogP contribution in [0.2, 0.25) is 0 Å². The van der Waals surface area contributed by atoms with Gasteiger partial charge in [-0.25, -0.2) is 8.42 Å². The van der Waals surface area contributed by atoms with E-state index in [1.54, 1.807) is 12.1 Å². The second kappa shape index (κ2) is 7.38. The minimum absolute atomic E-state index is 0.198. The molecule has 138 valence electrons. The number of rotatable bonds is 4. The highest BCUT2D eigenvalue weighted by Gasteiger charge is 2.29. The highest BCUT2D eigenvalue weighted by molar-refractivity contribution is 7.89. The molecule has 2 aromatic rings. The number of carbonyl (C=O) groups is 1. The van der Waals surface area contributed by atoms with Crippen molar-refractivity contribution in [2.24, 2.45) is 0 Å². The number of benzene rings is 1. The highest BCUT2D eigenvalue weighted by Crippen LogP contribution is 2.21. The molecular weight excluding hydrogens is 354 g/mol. The fourth-order valence-corrected chi connectivity index (χ4v) is 4.20. The van der Waals surface area contributed by atoms with Gasteiger partial charge in [0.1, 0.15) is 0 Å². The predicted molar refractivity (Wildman–Crippen MR) is 98.5 cm³/mol. The molecule has 26 heavy (non-hydrogen) atoms. The number of nitrogens with one attached hydrogen (secondary N) is 1. The average molecular weight is 375 g/mol. The molecule has 0 unspecified atom stereocenters. The van der Waals surface area contributed by atoms with Crippen LogP contribution in [0.5, 0.6) is 0 Å². The van der Waals surface area contributed by atoms with E-state index < -0.39 is 10.0 Å². The lowest BCUT2D eigenvalue weighted by Gasteiger charge is -2.34. The van der Waals surface area contributed by atoms with Gasteiger partial charge in [0.15, 0.2) is 5.82 Å². The van der Waals surface area contributed by atoms with Crippen LogP contribution in [0.4, 0.5) is 11.5 Å². The average Bonchev–Trinajstić information content (AvgIpc) is 2.62. The maximum absolute atomic E-state index is 12.8. The standard InChI is InChI=1S/C17H21N5O3S/c1-13-3-8-17(20-19-13)21-9-11-22(12-10-21)26(24,25)16-6-4-15(5-7-16)18-14(2)23/h3-8H,9-12H2,1-2H3,(H,18,23). The van der Waals surface area contributed by atoms with Gasteiger partial charge in [0, 0.05) is 38.8 Å². The number of hydrogen-bond donors (Lipinski definition) is 1. The number of piperazine rings is 1. The van der Waals surface area contributed by atoms with Gasteiger partial charge in [0.2, 0.25) is 15.9 Å². The molecule has 0 spiro atoms. The molecule has 0 bridgehead atoms. The van der Waals surface area contributed by atoms with E-state index in [-0.39, 0.29) is 10.8 Å². The first-order valence-corrected chi connectivity index (χ1v) is 9.73. The molecule has 2 heterocycles. The minimum Gasteiger partial charge on any atom is -0.352 e. The van der Waals surface area contributed by atoms with Crippen molar-refractivity contribution in [2.75, 3.05) is 36.4 Å². The van der Waals surface area contributed by atoms with E-state index in [9.17, 15) is 13.2 Å². The van der Waals surface area contributed by atoms with Crippen molar-refractivity contribution in [3.05, 3.63) is 42.1 Å². The van der Waals surface area contributed by atoms with Crippen LogP contribution in [0.1, 0.15) is 12.6 Å². The van der Waals surface area contributed by atoms with Crippen LogP contribution in [0, 0.1) is 6.92 Å². The summed E-state index contributed by atoms with van der Waals surface area (Å²) in [4.78, 5) is 13.3. The van der Waals surface area contributed by atoms with Crippen molar-refractivity contribution < 1.29 is 13.2 Å². The van der Waals surface area contributed by atoms with Crippen molar-refractivity contribution in [3.63, 3.8) is 0 Å². The normalized spacial score (nSPS) is 15.7. The largest absolute Gasteiger partial charge is 0.352 e. The van der Waals surface area contributed by atoms with Crippen molar-refractivity contribution in [2.45, 2.75) is 18.7 Å². The SMILES string of the molecule is CC(=O)Nc1ccc(S(=O)(=O)N2CCN(c3ccc(C)nn3)CC2)cc1. The minimum atomic E-state index is -3.56. The van der Waals surface area contributed by atoms with Crippen LogP contribution in [-0.2, 0) is 14.8 Å². The maximum atomic E-state index is 12.8. The fraction of sp³-hybridized carbons (Fsp3) is 0.353. The van der Waals surface area contributed by atoms with Crippen LogP contribution in [0.15, 0.2) is 41.3 Å². The first kappa shape index (κ1) is 18.3. The Bertz CT molecular complexity index is 874. The molecule has 1 aliphatic rings. The topological polar surface area (TPSA) is 95.5 Å². The van der Waals surface area contributed by atoms with E-state index in [1.807, 2.05) is 24.0 Å². The Morgan fingerprint density at radius 2 is 1.65 bits per heavy atom. The molecule has 1 N–H and O–H groups in total. The summed E-state index contributed by atoms with van der Waals surface area (Å²) in [5.74, 6) is 0.559. The van der Waals surface area contributed by atoms with E-state index in [1.165, 1.54) is 23.4 Å². The third kappa shape index (κ3) is 4.00. The summed E-state index contributed by atoms with van der Waals surface area (Å²) in [5.41, 5.74) is 1.41. The van der Waals surface area contributed by atoms with Gasteiger partial charge in [-0.05, 0) is 43.3 Å². The maximum Gasteiger partial charge on any atom is 0.243 e. The molecule has 1 aromatic carbocycles. The summed E-state index contributed by atoms with van der Waals surface area (Å²) in [6, 6.07) is 9.99. The van der Waals surface area contributed by atoms with Gasteiger partial charge < -0.3 is 10.2 Å². The molecule has 8 nitrogen and oxygen atoms in total. The number of hydrogen-bond acceptors (Lipinski definition) is 6. The van der Waals surface area contributed by atoms with Gasteiger partial charge in [0.05, 0.1) is 10.6 Å². The third-order valence-electron chi connectivity index (χ3n) is 4.16. The zero-order chi connectivity index (χ0) is 18.7. The third-order valence-corrected chi connectivity index (χ3v) is 6.07. The summed E-state index contributed by atoms with van der Waals surface area (Å²) in [7, 11) is -3.56. The Hall–Kier alpha value is -2.52. The molecule has 0 saturated carbocycles. The van der Waals surface area contributed by atoms with Gasteiger partial charge in [-0.15, -0.1) is 5.10 Å². The second-order valence-corrected chi connectivity index (χ2v) is 8.07. The van der Waals surface area contributed by atoms with Gasteiger partial charge in [0.25, 0.3) is 0 Å². The molecule has 1 amide bonds. The van der Waals surface area contributed by atoms with Crippen LogP contribution >= 0.6 is 0 Å². The molecule has 1 fully saturated rings. The van der Waals surface area contributed by atoms with E-state index in [0.29, 0.717) is 31.9 Å². The predicted octanol–water partition coefficient (Wildman–Crippen LogP) is 1.25. The van der Waals surface area contributed by atoms with Gasteiger partial charge in [-0.1, -0.05) is 0 Å². The molecular formula is C17H21N5O3S. The lowest BCUT2D eigenvalue weighted by Crippen LogP contribution is -2.49. The van der Waals surface area contributed by atoms with E-state index in [2.05, 4.69) is 15.5 Å². The number of anilines is 2. The zero-order valence-electron chi connectivity index (χ0n) is 14.7. The van der Waals surface area contributed by atoms with Gasteiger partial charge in [-0.3, -0.25) is 4.79 Å². The van der Waals surface area contributed by atoms with E-state index in [4.69, 9.17) is 0 Å². The van der Waals surface area contributed by atoms with Crippen LogP contribution in [-0.4, -0.2) is 55.0 Å². The first-order valence-electron chi connectivity index (χ1n) is 8.29. The molecule has 1 aliphatic heterocycles. The Kier molecular flexibility index (Phi) is 5.19. The molecule has 0 atom stereocenters. The fourth-order valence-electron chi connectivity index (χ4n) is 2.78. The van der Waals surface area contributed by atoms with Crippen molar-refractivity contribution >= 4 is 27.4 Å². The van der Waals surface area contributed by atoms with E-state index >= 15 is 0 Å². The smallest absolute Gasteiger partial charge is 0.243 e. The van der Waals surface area contributed by atoms with Crippen LogP contribution in [0.3, 0.4) is 0 Å². The van der Waals surface area contributed by atoms with Crippen LogP contribution in [0.25, 0.3) is 0 Å². The first-order chi connectivity index (χ1) is 12.4. The molecule has 1 saturated heterocycles. The Morgan fingerprint density at radius 1 is 1.00 bits per heavy atom. The van der Waals surface area contributed by atoms with Crippen molar-refractivity contribution in [1.82, 2.24) is 14.5 Å². The summed E-state index contributed by atoms with van der Waals surface area (Å²) >= 11 is 0. The Morgan fingerprint density at radius 3 is 2.19 bits per heavy atom. The molecule has 0 radical (unpaired) electrons. The lowest BCUT2D eigenvalue weighted by atomic mass is 10.3. The van der Waals surface area contributed by atoms with Gasteiger partial charge in [-0.2, -0.15) is 9.40 Å². The number of nitrogens with zero attached hydrogens (tertiary/aromatic N) is 4. The van der Waals surface area contributed by atoms with Crippen molar-refractivity contribution in [3.8, 4) is 0 Å². The van der Waals surface area contributed by atoms with Gasteiger partial charge >= 0.3 is 0 Å². The summed E-state index contributed by atoms with van der Waals surface area (Å²) in [6.45, 7) is 5.15. The number of sulfonamides is 1. The lowest BCUT2D eigenvalue weighted by molar-refractivity contribution is -0.114. The van der Waals surface area contributed by atoms with Crippen LogP contribution < -0.4 is 10.2 Å². The summed E-state index contributed by atoms with van der Waals surface area (Å²) in [6.07, 6.45) is 0. The summed E-state index contributed by atoms with van der Waals surface area (Å²) in [5, 5.41) is 10.8. The zero-order valence-corrected chi connectivity index (χ0v) is 15.5. The number of carbonyl (C=O) groups excluding carboxylic acids is 1. The Labute approximate surface area is 152 Å². The number of amides is 1. The molecule has 9 heteroatoms. The molecule has 3 rings (SSSR count). The number of aryl methyl sites for hydroxylation is 1. The van der Waals surface area contributed by atoms with Crippen molar-refractivity contribution in [1.29, 1.82) is 0 Å². The monoisotopic (exact) mass is 375 g/mol. The number of aromatic nitrogens is 2. The quantitative estimate of drug-likeness (QED) is 0.864. The van der Waals surface area contributed by atoms with E-state index in [0.717, 1.165) is 11.5 Å². The second-order valence-electron chi connectivity index (χ2n) is 6.13. The highest BCUT2D eigenvalue weighted by atomic mass is 32.2. The Balaban J connectivity index is 1.67.